The zero-order valence-electron chi connectivity index (χ0n) is 17.0. The minimum absolute atomic E-state index is 0. The monoisotopic (exact) mass is 416 g/mol. The largest absolute Gasteiger partial charge is 0.457 e. The molecule has 0 bridgehead atoms. The van der Waals surface area contributed by atoms with Gasteiger partial charge < -0.3 is 9.64 Å². The van der Waals surface area contributed by atoms with Crippen LogP contribution in [0.25, 0.3) is 10.9 Å². The lowest BCUT2D eigenvalue weighted by Crippen LogP contribution is -2.19. The smallest absolute Gasteiger partial charge is 0.128 e. The average molecular weight is 417 g/mol. The molecule has 30 heavy (non-hydrogen) atoms. The molecule has 152 valence electrons. The first kappa shape index (κ1) is 20.2. The molecular formula is C26H25ClN2O. The van der Waals surface area contributed by atoms with Crippen molar-refractivity contribution in [3.8, 4) is 11.5 Å². The minimum atomic E-state index is 0. The minimum Gasteiger partial charge on any atom is -0.457 e. The van der Waals surface area contributed by atoms with Gasteiger partial charge in [-0.15, -0.1) is 12.4 Å². The Bertz CT molecular complexity index is 1130. The molecule has 1 atom stereocenters. The number of halogens is 1. The molecular weight excluding hydrogens is 392 g/mol. The van der Waals surface area contributed by atoms with Crippen LogP contribution in [0, 0.1) is 6.92 Å². The van der Waals surface area contributed by atoms with Crippen LogP contribution in [0.5, 0.6) is 11.5 Å². The predicted octanol–water partition coefficient (Wildman–Crippen LogP) is 6.75. The lowest BCUT2D eigenvalue weighted by Gasteiger charge is -2.22. The summed E-state index contributed by atoms with van der Waals surface area (Å²) in [5.74, 6) is 2.26. The molecule has 0 aliphatic carbocycles. The first-order valence-electron chi connectivity index (χ1n) is 10.2. The second-order valence-corrected chi connectivity index (χ2v) is 7.72. The van der Waals surface area contributed by atoms with Crippen molar-refractivity contribution >= 4 is 29.0 Å². The van der Waals surface area contributed by atoms with E-state index in [0.29, 0.717) is 5.92 Å². The number of rotatable bonds is 4. The number of anilines is 1. The van der Waals surface area contributed by atoms with Crippen molar-refractivity contribution in [2.75, 3.05) is 18.0 Å². The standard InChI is InChI=1S/C26H24N2O.ClH/c1-19-16-26(28-15-14-21(18-28)20-8-4-2-5-9-20)24-17-23(12-13-25(24)27-19)29-22-10-6-3-7-11-22;/h2-13,16-17,21H,14-15,18H2,1H3;1H. The molecule has 2 heterocycles. The predicted molar refractivity (Wildman–Crippen MR) is 126 cm³/mol. The Labute approximate surface area is 183 Å². The first-order valence-corrected chi connectivity index (χ1v) is 10.2. The number of aromatic nitrogens is 1. The molecule has 1 aromatic heterocycles. The topological polar surface area (TPSA) is 25.4 Å². The molecule has 3 nitrogen and oxygen atoms in total. The molecule has 1 saturated heterocycles. The van der Waals surface area contributed by atoms with Crippen LogP contribution in [-0.2, 0) is 0 Å². The van der Waals surface area contributed by atoms with Crippen molar-refractivity contribution in [2.24, 2.45) is 0 Å². The van der Waals surface area contributed by atoms with E-state index in [-0.39, 0.29) is 12.4 Å². The van der Waals surface area contributed by atoms with Gasteiger partial charge in [0.05, 0.1) is 5.52 Å². The van der Waals surface area contributed by atoms with Gasteiger partial charge in [-0.25, -0.2) is 0 Å². The maximum absolute atomic E-state index is 6.08. The Morgan fingerprint density at radius 2 is 1.60 bits per heavy atom. The van der Waals surface area contributed by atoms with Crippen LogP contribution in [0.15, 0.2) is 84.9 Å². The molecule has 0 radical (unpaired) electrons. The molecule has 1 aliphatic heterocycles. The molecule has 0 saturated carbocycles. The van der Waals surface area contributed by atoms with Gasteiger partial charge in [-0.3, -0.25) is 4.98 Å². The molecule has 0 amide bonds. The van der Waals surface area contributed by atoms with Crippen LogP contribution in [0.2, 0.25) is 0 Å². The normalized spacial score (nSPS) is 15.8. The Balaban J connectivity index is 0.00000218. The second kappa shape index (κ2) is 8.76. The van der Waals surface area contributed by atoms with Crippen molar-refractivity contribution in [1.82, 2.24) is 4.98 Å². The number of hydrogen-bond donors (Lipinski definition) is 0. The van der Waals surface area contributed by atoms with Crippen LogP contribution in [0.3, 0.4) is 0 Å². The molecule has 0 spiro atoms. The Morgan fingerprint density at radius 3 is 2.37 bits per heavy atom. The van der Waals surface area contributed by atoms with E-state index in [9.17, 15) is 0 Å². The fourth-order valence-electron chi connectivity index (χ4n) is 4.24. The number of hydrogen-bond acceptors (Lipinski definition) is 3. The first-order chi connectivity index (χ1) is 14.3. The van der Waals surface area contributed by atoms with Crippen LogP contribution in [0.4, 0.5) is 5.69 Å². The Kier molecular flexibility index (Phi) is 5.91. The fraction of sp³-hybridized carbons (Fsp3) is 0.192. The third-order valence-corrected chi connectivity index (χ3v) is 5.67. The highest BCUT2D eigenvalue weighted by Crippen LogP contribution is 2.36. The van der Waals surface area contributed by atoms with E-state index >= 15 is 0 Å². The van der Waals surface area contributed by atoms with Crippen LogP contribution in [-0.4, -0.2) is 18.1 Å². The highest BCUT2D eigenvalue weighted by molar-refractivity contribution is 5.93. The van der Waals surface area contributed by atoms with Gasteiger partial charge in [0.1, 0.15) is 11.5 Å². The quantitative estimate of drug-likeness (QED) is 0.368. The molecule has 1 fully saturated rings. The number of fused-ring (bicyclic) bond motifs is 1. The van der Waals surface area contributed by atoms with E-state index in [2.05, 4.69) is 60.4 Å². The molecule has 5 rings (SSSR count). The molecule has 1 aliphatic rings. The zero-order chi connectivity index (χ0) is 19.6. The molecule has 3 aromatic carbocycles. The maximum atomic E-state index is 6.08. The van der Waals surface area contributed by atoms with Crippen LogP contribution < -0.4 is 9.64 Å². The SMILES string of the molecule is Cc1cc(N2CCC(c3ccccc3)C2)c2cc(Oc3ccccc3)ccc2n1.Cl. The van der Waals surface area contributed by atoms with E-state index < -0.39 is 0 Å². The average Bonchev–Trinajstić information content (AvgIpc) is 3.25. The number of benzene rings is 3. The van der Waals surface area contributed by atoms with Gasteiger partial charge in [0.25, 0.3) is 0 Å². The molecule has 4 heteroatoms. The summed E-state index contributed by atoms with van der Waals surface area (Å²) in [5.41, 5.74) is 4.75. The van der Waals surface area contributed by atoms with Gasteiger partial charge in [-0.1, -0.05) is 48.5 Å². The summed E-state index contributed by atoms with van der Waals surface area (Å²) in [6.07, 6.45) is 1.17. The second-order valence-electron chi connectivity index (χ2n) is 7.72. The van der Waals surface area contributed by atoms with Crippen LogP contribution >= 0.6 is 12.4 Å². The summed E-state index contributed by atoms with van der Waals surface area (Å²) < 4.78 is 6.08. The molecule has 1 unspecified atom stereocenters. The molecule has 0 N–H and O–H groups in total. The summed E-state index contributed by atoms with van der Waals surface area (Å²) >= 11 is 0. The summed E-state index contributed by atoms with van der Waals surface area (Å²) in [7, 11) is 0. The van der Waals surface area contributed by atoms with Crippen molar-refractivity contribution in [3.05, 3.63) is 96.2 Å². The van der Waals surface area contributed by atoms with Gasteiger partial charge in [0.15, 0.2) is 0 Å². The van der Waals surface area contributed by atoms with Gasteiger partial charge in [-0.05, 0) is 55.3 Å². The van der Waals surface area contributed by atoms with E-state index in [1.807, 2.05) is 36.4 Å². The Morgan fingerprint density at radius 1 is 0.867 bits per heavy atom. The van der Waals surface area contributed by atoms with Gasteiger partial charge in [-0.2, -0.15) is 0 Å². The van der Waals surface area contributed by atoms with Crippen molar-refractivity contribution < 1.29 is 4.74 Å². The van der Waals surface area contributed by atoms with E-state index in [1.54, 1.807) is 0 Å². The highest BCUT2D eigenvalue weighted by Gasteiger charge is 2.25. The zero-order valence-corrected chi connectivity index (χ0v) is 17.8. The van der Waals surface area contributed by atoms with E-state index in [1.165, 1.54) is 17.7 Å². The lowest BCUT2D eigenvalue weighted by atomic mass is 9.99. The van der Waals surface area contributed by atoms with Crippen molar-refractivity contribution in [2.45, 2.75) is 19.3 Å². The van der Waals surface area contributed by atoms with Crippen molar-refractivity contribution in [1.29, 1.82) is 0 Å². The van der Waals surface area contributed by atoms with E-state index in [0.717, 1.165) is 41.2 Å². The van der Waals surface area contributed by atoms with Gasteiger partial charge in [0.2, 0.25) is 0 Å². The summed E-state index contributed by atoms with van der Waals surface area (Å²) in [6, 6.07) is 29.2. The number of aryl methyl sites for hydroxylation is 1. The number of para-hydroxylation sites is 1. The number of ether oxygens (including phenoxy) is 1. The Hall–Kier alpha value is -3.04. The summed E-state index contributed by atoms with van der Waals surface area (Å²) in [5, 5.41) is 1.15. The number of pyridine rings is 1. The molecule has 4 aromatic rings. The van der Waals surface area contributed by atoms with Gasteiger partial charge >= 0.3 is 0 Å². The fourth-order valence-corrected chi connectivity index (χ4v) is 4.24. The maximum Gasteiger partial charge on any atom is 0.128 e. The van der Waals surface area contributed by atoms with Crippen molar-refractivity contribution in [3.63, 3.8) is 0 Å². The highest BCUT2D eigenvalue weighted by atomic mass is 35.5. The third-order valence-electron chi connectivity index (χ3n) is 5.67. The van der Waals surface area contributed by atoms with Crippen LogP contribution in [0.1, 0.15) is 23.6 Å². The van der Waals surface area contributed by atoms with Gasteiger partial charge in [0, 0.05) is 35.8 Å². The summed E-state index contributed by atoms with van der Waals surface area (Å²) in [6.45, 7) is 4.16. The lowest BCUT2D eigenvalue weighted by molar-refractivity contribution is 0.483. The number of nitrogens with zero attached hydrogens (tertiary/aromatic N) is 2. The third kappa shape index (κ3) is 4.12. The summed E-state index contributed by atoms with van der Waals surface area (Å²) in [4.78, 5) is 7.25. The van der Waals surface area contributed by atoms with E-state index in [4.69, 9.17) is 9.72 Å².